The van der Waals surface area contributed by atoms with Gasteiger partial charge in [-0.15, -0.1) is 0 Å². The van der Waals surface area contributed by atoms with Crippen molar-refractivity contribution in [2.24, 2.45) is 5.92 Å². The van der Waals surface area contributed by atoms with Crippen LogP contribution in [0.2, 0.25) is 0 Å². The van der Waals surface area contributed by atoms with Crippen LogP contribution in [0.1, 0.15) is 55.6 Å². The molecule has 106 valence electrons. The van der Waals surface area contributed by atoms with Gasteiger partial charge in [-0.05, 0) is 48.6 Å². The average molecular weight is 269 g/mol. The van der Waals surface area contributed by atoms with Crippen molar-refractivity contribution in [1.82, 2.24) is 5.32 Å². The zero-order valence-electron chi connectivity index (χ0n) is 12.0. The fourth-order valence-corrected chi connectivity index (χ4v) is 4.49. The molecule has 2 fully saturated rings. The molecule has 0 amide bonds. The first-order chi connectivity index (χ1) is 9.81. The van der Waals surface area contributed by atoms with Gasteiger partial charge in [0.25, 0.3) is 0 Å². The molecule has 0 bridgehead atoms. The fraction of sp³-hybridized carbons (Fsp3) is 0.611. The Morgan fingerprint density at radius 1 is 1.20 bits per heavy atom. The fourth-order valence-electron chi connectivity index (χ4n) is 4.49. The van der Waals surface area contributed by atoms with E-state index in [0.717, 1.165) is 25.2 Å². The van der Waals surface area contributed by atoms with Crippen LogP contribution < -0.4 is 5.32 Å². The Kier molecular flexibility index (Phi) is 3.14. The minimum absolute atomic E-state index is 0.149. The van der Waals surface area contributed by atoms with Crippen molar-refractivity contribution in [2.75, 3.05) is 0 Å². The number of hydrogen-bond acceptors (Lipinski definition) is 2. The molecule has 2 aliphatic carbocycles. The molecule has 0 spiro atoms. The minimum atomic E-state index is 0.149. The molecule has 3 aliphatic rings. The first kappa shape index (κ1) is 12.6. The predicted molar refractivity (Wildman–Crippen MR) is 79.8 cm³/mol. The number of carbonyl (C=O) groups is 1. The highest BCUT2D eigenvalue weighted by atomic mass is 16.1. The van der Waals surface area contributed by atoms with E-state index >= 15 is 0 Å². The van der Waals surface area contributed by atoms with E-state index in [1.165, 1.54) is 36.8 Å². The van der Waals surface area contributed by atoms with Gasteiger partial charge in [0, 0.05) is 12.5 Å². The highest BCUT2D eigenvalue weighted by Gasteiger charge is 2.39. The van der Waals surface area contributed by atoms with Crippen molar-refractivity contribution in [1.29, 1.82) is 0 Å². The number of carbonyl (C=O) groups excluding carboxylic acids is 1. The van der Waals surface area contributed by atoms with Crippen molar-refractivity contribution in [3.8, 4) is 0 Å². The molecular weight excluding hydrogens is 246 g/mol. The van der Waals surface area contributed by atoms with E-state index in [0.29, 0.717) is 17.7 Å². The van der Waals surface area contributed by atoms with Crippen molar-refractivity contribution in [2.45, 2.75) is 62.9 Å². The Bertz CT molecular complexity index is 510. The Morgan fingerprint density at radius 3 is 2.90 bits per heavy atom. The van der Waals surface area contributed by atoms with E-state index in [2.05, 4.69) is 29.6 Å². The minimum Gasteiger partial charge on any atom is -0.304 e. The van der Waals surface area contributed by atoms with Gasteiger partial charge in [-0.25, -0.2) is 0 Å². The SMILES string of the molecule is O=C(CC1Cc2ccccc21)C1CC2CCCCC2N1. The quantitative estimate of drug-likeness (QED) is 0.913. The lowest BCUT2D eigenvalue weighted by Crippen LogP contribution is -2.38. The van der Waals surface area contributed by atoms with Gasteiger partial charge in [-0.1, -0.05) is 37.1 Å². The third kappa shape index (κ3) is 2.10. The molecule has 1 saturated carbocycles. The van der Waals surface area contributed by atoms with Crippen LogP contribution in [0, 0.1) is 5.92 Å². The molecule has 1 saturated heterocycles. The van der Waals surface area contributed by atoms with Gasteiger partial charge in [-0.3, -0.25) is 4.79 Å². The number of hydrogen-bond donors (Lipinski definition) is 1. The summed E-state index contributed by atoms with van der Waals surface area (Å²) in [7, 11) is 0. The molecule has 0 aromatic heterocycles. The number of nitrogens with one attached hydrogen (secondary N) is 1. The van der Waals surface area contributed by atoms with E-state index in [9.17, 15) is 4.79 Å². The van der Waals surface area contributed by atoms with Gasteiger partial charge in [0.2, 0.25) is 0 Å². The van der Waals surface area contributed by atoms with Crippen molar-refractivity contribution >= 4 is 5.78 Å². The van der Waals surface area contributed by atoms with Crippen LogP contribution in [0.5, 0.6) is 0 Å². The maximum absolute atomic E-state index is 12.5. The molecule has 1 heterocycles. The number of Topliss-reactive ketones (excluding diaryl/α,β-unsaturated/α-hetero) is 1. The Morgan fingerprint density at radius 2 is 2.05 bits per heavy atom. The third-order valence-corrected chi connectivity index (χ3v) is 5.66. The Balaban J connectivity index is 1.38. The zero-order chi connectivity index (χ0) is 13.5. The summed E-state index contributed by atoms with van der Waals surface area (Å²) in [5.74, 6) is 1.72. The van der Waals surface area contributed by atoms with Gasteiger partial charge in [-0.2, -0.15) is 0 Å². The normalized spacial score (nSPS) is 35.0. The summed E-state index contributed by atoms with van der Waals surface area (Å²) >= 11 is 0. The van der Waals surface area contributed by atoms with E-state index in [1.54, 1.807) is 0 Å². The first-order valence-electron chi connectivity index (χ1n) is 8.18. The molecule has 2 nitrogen and oxygen atoms in total. The summed E-state index contributed by atoms with van der Waals surface area (Å²) in [6.07, 6.45) is 8.24. The molecule has 1 aliphatic heterocycles. The van der Waals surface area contributed by atoms with Crippen molar-refractivity contribution in [3.05, 3.63) is 35.4 Å². The van der Waals surface area contributed by atoms with Gasteiger partial charge in [0.15, 0.2) is 0 Å². The molecule has 4 rings (SSSR count). The number of fused-ring (bicyclic) bond motifs is 2. The molecule has 2 heteroatoms. The lowest BCUT2D eigenvalue weighted by atomic mass is 9.74. The van der Waals surface area contributed by atoms with Crippen LogP contribution in [0.25, 0.3) is 0 Å². The second kappa shape index (κ2) is 5.00. The van der Waals surface area contributed by atoms with E-state index in [-0.39, 0.29) is 6.04 Å². The van der Waals surface area contributed by atoms with Crippen LogP contribution in [0.15, 0.2) is 24.3 Å². The number of rotatable bonds is 3. The third-order valence-electron chi connectivity index (χ3n) is 5.66. The number of ketones is 1. The molecule has 1 N–H and O–H groups in total. The maximum Gasteiger partial charge on any atom is 0.150 e. The lowest BCUT2D eigenvalue weighted by molar-refractivity contribution is -0.121. The van der Waals surface area contributed by atoms with Gasteiger partial charge < -0.3 is 5.32 Å². The second-order valence-corrected chi connectivity index (χ2v) is 6.88. The predicted octanol–water partition coefficient (Wildman–Crippen LogP) is 3.21. The average Bonchev–Trinajstić information content (AvgIpc) is 2.88. The van der Waals surface area contributed by atoms with Crippen LogP contribution >= 0.6 is 0 Å². The van der Waals surface area contributed by atoms with Crippen LogP contribution in [0.4, 0.5) is 0 Å². The maximum atomic E-state index is 12.5. The highest BCUT2D eigenvalue weighted by Crippen LogP contribution is 2.39. The zero-order valence-corrected chi connectivity index (χ0v) is 12.0. The molecule has 4 unspecified atom stereocenters. The summed E-state index contributed by atoms with van der Waals surface area (Å²) in [6.45, 7) is 0. The Labute approximate surface area is 121 Å². The topological polar surface area (TPSA) is 29.1 Å². The second-order valence-electron chi connectivity index (χ2n) is 6.88. The molecule has 20 heavy (non-hydrogen) atoms. The largest absolute Gasteiger partial charge is 0.304 e. The van der Waals surface area contributed by atoms with Gasteiger partial charge >= 0.3 is 0 Å². The van der Waals surface area contributed by atoms with Gasteiger partial charge in [0.05, 0.1) is 6.04 Å². The molecule has 1 aromatic rings. The van der Waals surface area contributed by atoms with Crippen LogP contribution in [-0.2, 0) is 11.2 Å². The van der Waals surface area contributed by atoms with E-state index in [4.69, 9.17) is 0 Å². The summed E-state index contributed by atoms with van der Waals surface area (Å²) in [4.78, 5) is 12.5. The monoisotopic (exact) mass is 269 g/mol. The first-order valence-corrected chi connectivity index (χ1v) is 8.18. The van der Waals surface area contributed by atoms with Crippen LogP contribution in [-0.4, -0.2) is 17.9 Å². The molecule has 4 atom stereocenters. The standard InChI is InChI=1S/C18H23NO/c20-18(11-14-9-12-5-1-3-7-15(12)14)17-10-13-6-2-4-8-16(13)19-17/h1,3,5,7,13-14,16-17,19H,2,4,6,8-11H2. The van der Waals surface area contributed by atoms with E-state index in [1.807, 2.05) is 0 Å². The summed E-state index contributed by atoms with van der Waals surface area (Å²) < 4.78 is 0. The molecular formula is C18H23NO. The smallest absolute Gasteiger partial charge is 0.150 e. The lowest BCUT2D eigenvalue weighted by Gasteiger charge is -2.30. The van der Waals surface area contributed by atoms with Gasteiger partial charge in [0.1, 0.15) is 5.78 Å². The van der Waals surface area contributed by atoms with E-state index < -0.39 is 0 Å². The molecule has 1 aromatic carbocycles. The van der Waals surface area contributed by atoms with Crippen molar-refractivity contribution < 1.29 is 4.79 Å². The highest BCUT2D eigenvalue weighted by molar-refractivity contribution is 5.85. The summed E-state index contributed by atoms with van der Waals surface area (Å²) in [5, 5.41) is 3.62. The summed E-state index contributed by atoms with van der Waals surface area (Å²) in [6, 6.07) is 9.36. The van der Waals surface area contributed by atoms with Crippen LogP contribution in [0.3, 0.4) is 0 Å². The molecule has 0 radical (unpaired) electrons. The number of benzene rings is 1. The summed E-state index contributed by atoms with van der Waals surface area (Å²) in [5.41, 5.74) is 2.86. The Hall–Kier alpha value is -1.15. The van der Waals surface area contributed by atoms with Crippen molar-refractivity contribution in [3.63, 3.8) is 0 Å².